The lowest BCUT2D eigenvalue weighted by Crippen LogP contribution is -2.45. The van der Waals surface area contributed by atoms with Crippen LogP contribution in [0.25, 0.3) is 0 Å². The quantitative estimate of drug-likeness (QED) is 0.587. The Labute approximate surface area is 146 Å². The van der Waals surface area contributed by atoms with Crippen LogP contribution in [0.3, 0.4) is 0 Å². The van der Waals surface area contributed by atoms with Gasteiger partial charge in [-0.15, -0.1) is 0 Å². The Morgan fingerprint density at radius 2 is 1.92 bits per heavy atom. The largest absolute Gasteiger partial charge is 0.357 e. The van der Waals surface area contributed by atoms with Crippen molar-refractivity contribution in [3.05, 3.63) is 35.4 Å². The van der Waals surface area contributed by atoms with Gasteiger partial charge in [-0.05, 0) is 39.7 Å². The van der Waals surface area contributed by atoms with Crippen LogP contribution in [0.1, 0.15) is 31.9 Å². The number of benzene rings is 1. The summed E-state index contributed by atoms with van der Waals surface area (Å²) in [5.41, 5.74) is 2.56. The van der Waals surface area contributed by atoms with Gasteiger partial charge in [0.25, 0.3) is 0 Å². The first-order valence-electron chi connectivity index (χ1n) is 8.84. The molecule has 0 bridgehead atoms. The maximum absolute atomic E-state index is 12.3. The number of nitrogens with zero attached hydrogens (tertiary/aromatic N) is 3. The molecule has 5 nitrogen and oxygen atoms in total. The van der Waals surface area contributed by atoms with Crippen LogP contribution in [0.2, 0.25) is 0 Å². The van der Waals surface area contributed by atoms with Crippen molar-refractivity contribution in [1.29, 1.82) is 0 Å². The van der Waals surface area contributed by atoms with Crippen molar-refractivity contribution in [3.8, 4) is 0 Å². The lowest BCUT2D eigenvalue weighted by molar-refractivity contribution is -0.131. The maximum atomic E-state index is 12.3. The predicted octanol–water partition coefficient (Wildman–Crippen LogP) is 2.30. The molecular formula is C19H32N4O. The molecule has 1 aromatic rings. The van der Waals surface area contributed by atoms with E-state index in [0.29, 0.717) is 13.1 Å². The minimum absolute atomic E-state index is 0.131. The van der Waals surface area contributed by atoms with E-state index in [2.05, 4.69) is 41.5 Å². The fraction of sp³-hybridized carbons (Fsp3) is 0.579. The number of hydrogen-bond donors (Lipinski definition) is 1. The highest BCUT2D eigenvalue weighted by Gasteiger charge is 2.14. The van der Waals surface area contributed by atoms with E-state index < -0.39 is 0 Å². The van der Waals surface area contributed by atoms with Crippen molar-refractivity contribution in [2.75, 3.05) is 39.8 Å². The van der Waals surface area contributed by atoms with Crippen molar-refractivity contribution in [2.45, 2.75) is 34.1 Å². The molecule has 0 aliphatic heterocycles. The third-order valence-corrected chi connectivity index (χ3v) is 3.93. The van der Waals surface area contributed by atoms with Crippen molar-refractivity contribution >= 4 is 11.9 Å². The molecule has 0 aliphatic rings. The van der Waals surface area contributed by atoms with E-state index in [-0.39, 0.29) is 5.91 Å². The summed E-state index contributed by atoms with van der Waals surface area (Å²) in [6.45, 7) is 11.5. The third-order valence-electron chi connectivity index (χ3n) is 3.93. The zero-order chi connectivity index (χ0) is 17.9. The van der Waals surface area contributed by atoms with Crippen LogP contribution in [-0.2, 0) is 11.2 Å². The summed E-state index contributed by atoms with van der Waals surface area (Å²) >= 11 is 0. The van der Waals surface area contributed by atoms with Crippen LogP contribution in [-0.4, -0.2) is 61.4 Å². The van der Waals surface area contributed by atoms with E-state index in [0.717, 1.165) is 32.0 Å². The van der Waals surface area contributed by atoms with Gasteiger partial charge in [0.05, 0.1) is 6.54 Å². The molecule has 24 heavy (non-hydrogen) atoms. The van der Waals surface area contributed by atoms with Crippen LogP contribution in [0.15, 0.2) is 29.3 Å². The lowest BCUT2D eigenvalue weighted by atomic mass is 10.1. The molecule has 0 radical (unpaired) electrons. The number of amides is 1. The average Bonchev–Trinajstić information content (AvgIpc) is 2.55. The molecule has 1 rings (SSSR count). The standard InChI is InChI=1S/C19H32N4O/c1-6-20-19(22(5)15-18(24)23(7-2)8-3)21-13-12-17-11-9-10-16(4)14-17/h9-11,14H,6-8,12-13,15H2,1-5H3,(H,20,21). The van der Waals surface area contributed by atoms with E-state index in [9.17, 15) is 4.79 Å². The Hall–Kier alpha value is -2.04. The highest BCUT2D eigenvalue weighted by molar-refractivity contribution is 5.86. The molecule has 0 saturated carbocycles. The highest BCUT2D eigenvalue weighted by Crippen LogP contribution is 2.05. The molecule has 0 aromatic heterocycles. The average molecular weight is 332 g/mol. The second kappa shape index (κ2) is 10.7. The van der Waals surface area contributed by atoms with Gasteiger partial charge in [0.1, 0.15) is 0 Å². The molecule has 0 aliphatic carbocycles. The van der Waals surface area contributed by atoms with E-state index >= 15 is 0 Å². The number of rotatable bonds is 8. The molecule has 0 saturated heterocycles. The minimum atomic E-state index is 0.131. The maximum Gasteiger partial charge on any atom is 0.242 e. The summed E-state index contributed by atoms with van der Waals surface area (Å²) in [6, 6.07) is 8.50. The van der Waals surface area contributed by atoms with E-state index in [1.165, 1.54) is 11.1 Å². The van der Waals surface area contributed by atoms with Gasteiger partial charge in [-0.2, -0.15) is 0 Å². The SMILES string of the molecule is CCNC(=NCCc1cccc(C)c1)N(C)CC(=O)N(CC)CC. The summed E-state index contributed by atoms with van der Waals surface area (Å²) < 4.78 is 0. The lowest BCUT2D eigenvalue weighted by Gasteiger charge is -2.25. The summed E-state index contributed by atoms with van der Waals surface area (Å²) in [4.78, 5) is 20.7. The van der Waals surface area contributed by atoms with Gasteiger partial charge in [0.2, 0.25) is 5.91 Å². The van der Waals surface area contributed by atoms with E-state index in [1.807, 2.05) is 37.6 Å². The number of nitrogens with one attached hydrogen (secondary N) is 1. The van der Waals surface area contributed by atoms with Gasteiger partial charge in [-0.3, -0.25) is 9.79 Å². The van der Waals surface area contributed by atoms with Gasteiger partial charge in [-0.1, -0.05) is 29.8 Å². The predicted molar refractivity (Wildman–Crippen MR) is 101 cm³/mol. The number of likely N-dealkylation sites (N-methyl/N-ethyl adjacent to an activating group) is 2. The van der Waals surface area contributed by atoms with Crippen LogP contribution < -0.4 is 5.32 Å². The van der Waals surface area contributed by atoms with Gasteiger partial charge in [-0.25, -0.2) is 0 Å². The first-order valence-corrected chi connectivity index (χ1v) is 8.84. The van der Waals surface area contributed by atoms with Crippen LogP contribution in [0.5, 0.6) is 0 Å². The second-order valence-corrected chi connectivity index (χ2v) is 5.90. The molecule has 1 N–H and O–H groups in total. The summed E-state index contributed by atoms with van der Waals surface area (Å²) in [5.74, 6) is 0.914. The van der Waals surface area contributed by atoms with Gasteiger partial charge < -0.3 is 15.1 Å². The second-order valence-electron chi connectivity index (χ2n) is 5.90. The van der Waals surface area contributed by atoms with Gasteiger partial charge in [0, 0.05) is 33.2 Å². The number of aliphatic imine (C=N–C) groups is 1. The molecule has 5 heteroatoms. The number of aryl methyl sites for hydroxylation is 1. The fourth-order valence-electron chi connectivity index (χ4n) is 2.58. The molecule has 134 valence electrons. The fourth-order valence-corrected chi connectivity index (χ4v) is 2.58. The van der Waals surface area contributed by atoms with Crippen LogP contribution in [0, 0.1) is 6.92 Å². The Balaban J connectivity index is 2.65. The summed E-state index contributed by atoms with van der Waals surface area (Å²) in [7, 11) is 1.91. The third kappa shape index (κ3) is 6.60. The molecule has 0 heterocycles. The monoisotopic (exact) mass is 332 g/mol. The molecule has 0 fully saturated rings. The molecule has 1 aromatic carbocycles. The topological polar surface area (TPSA) is 47.9 Å². The Morgan fingerprint density at radius 1 is 1.21 bits per heavy atom. The Bertz CT molecular complexity index is 538. The van der Waals surface area contributed by atoms with Crippen molar-refractivity contribution in [1.82, 2.24) is 15.1 Å². The van der Waals surface area contributed by atoms with E-state index in [1.54, 1.807) is 0 Å². The molecule has 0 spiro atoms. The van der Waals surface area contributed by atoms with Gasteiger partial charge >= 0.3 is 0 Å². The minimum Gasteiger partial charge on any atom is -0.357 e. The van der Waals surface area contributed by atoms with E-state index in [4.69, 9.17) is 0 Å². The van der Waals surface area contributed by atoms with Crippen molar-refractivity contribution in [2.24, 2.45) is 4.99 Å². The number of carbonyl (C=O) groups excluding carboxylic acids is 1. The van der Waals surface area contributed by atoms with Crippen molar-refractivity contribution < 1.29 is 4.79 Å². The molecule has 0 atom stereocenters. The summed E-state index contributed by atoms with van der Waals surface area (Å²) in [5, 5.41) is 3.27. The molecular weight excluding hydrogens is 300 g/mol. The molecule has 0 unspecified atom stereocenters. The first-order chi connectivity index (χ1) is 11.5. The molecule has 1 amide bonds. The van der Waals surface area contributed by atoms with Gasteiger partial charge in [0.15, 0.2) is 5.96 Å². The normalized spacial score (nSPS) is 11.3. The summed E-state index contributed by atoms with van der Waals surface area (Å²) in [6.07, 6.45) is 0.897. The first kappa shape index (κ1) is 20.0. The number of carbonyl (C=O) groups is 1. The Kier molecular flexibility index (Phi) is 8.90. The zero-order valence-electron chi connectivity index (χ0n) is 15.8. The zero-order valence-corrected chi connectivity index (χ0v) is 15.8. The Morgan fingerprint density at radius 3 is 2.50 bits per heavy atom. The number of hydrogen-bond acceptors (Lipinski definition) is 2. The smallest absolute Gasteiger partial charge is 0.242 e. The number of guanidine groups is 1. The highest BCUT2D eigenvalue weighted by atomic mass is 16.2. The van der Waals surface area contributed by atoms with Crippen LogP contribution >= 0.6 is 0 Å². The van der Waals surface area contributed by atoms with Crippen molar-refractivity contribution in [3.63, 3.8) is 0 Å². The van der Waals surface area contributed by atoms with Crippen LogP contribution in [0.4, 0.5) is 0 Å².